The number of nitrogens with zero attached hydrogens (tertiary/aromatic N) is 1. The minimum Gasteiger partial charge on any atom is -0.324 e. The normalized spacial score (nSPS) is 13.1. The van der Waals surface area contributed by atoms with Gasteiger partial charge in [-0.25, -0.2) is 0 Å². The average Bonchev–Trinajstić information content (AvgIpc) is 2.34. The van der Waals surface area contributed by atoms with E-state index in [-0.39, 0.29) is 18.8 Å². The van der Waals surface area contributed by atoms with E-state index >= 15 is 0 Å². The molecule has 0 aliphatic rings. The first-order valence-electron chi connectivity index (χ1n) is 5.63. The number of alkyl halides is 3. The van der Waals surface area contributed by atoms with Crippen molar-refractivity contribution in [1.82, 2.24) is 4.98 Å². The van der Waals surface area contributed by atoms with Crippen LogP contribution in [0.3, 0.4) is 0 Å². The Morgan fingerprint density at radius 1 is 1.16 bits per heavy atom. The van der Waals surface area contributed by atoms with E-state index in [1.165, 1.54) is 0 Å². The lowest BCUT2D eigenvalue weighted by molar-refractivity contribution is -0.136. The summed E-state index contributed by atoms with van der Waals surface area (Å²) in [6.07, 6.45) is -3.58. The van der Waals surface area contributed by atoms with Gasteiger partial charge in [0.25, 0.3) is 0 Å². The van der Waals surface area contributed by atoms with Crippen molar-refractivity contribution in [2.45, 2.75) is 25.1 Å². The monoisotopic (exact) mass is 290 g/mol. The molecule has 104 valence electrons. The first-order chi connectivity index (χ1) is 8.47. The fraction of sp³-hybridized carbons (Fsp3) is 0.308. The number of hydrogen-bond acceptors (Lipinski definition) is 2. The third-order valence-electron chi connectivity index (χ3n) is 2.82. The second kappa shape index (κ2) is 6.21. The van der Waals surface area contributed by atoms with E-state index in [2.05, 4.69) is 4.98 Å². The second-order valence-corrected chi connectivity index (χ2v) is 4.18. The Hall–Kier alpha value is -1.33. The van der Waals surface area contributed by atoms with Crippen LogP contribution in [0.5, 0.6) is 0 Å². The molecule has 0 saturated heterocycles. The maximum atomic E-state index is 12.2. The van der Waals surface area contributed by atoms with Crippen molar-refractivity contribution >= 4 is 23.3 Å². The van der Waals surface area contributed by atoms with Gasteiger partial charge in [-0.1, -0.05) is 18.2 Å². The number of aromatic nitrogens is 1. The molecule has 2 nitrogen and oxygen atoms in total. The summed E-state index contributed by atoms with van der Waals surface area (Å²) in [6, 6.07) is 8.35. The lowest BCUT2D eigenvalue weighted by Gasteiger charge is -2.15. The molecule has 0 aliphatic carbocycles. The van der Waals surface area contributed by atoms with Crippen molar-refractivity contribution in [1.29, 1.82) is 0 Å². The van der Waals surface area contributed by atoms with E-state index in [9.17, 15) is 13.2 Å². The minimum absolute atomic E-state index is 0. The molecule has 1 atom stereocenters. The van der Waals surface area contributed by atoms with Crippen LogP contribution in [0.4, 0.5) is 13.2 Å². The van der Waals surface area contributed by atoms with Gasteiger partial charge in [-0.2, -0.15) is 13.2 Å². The topological polar surface area (TPSA) is 38.9 Å². The molecule has 1 aromatic heterocycles. The first-order valence-corrected chi connectivity index (χ1v) is 5.63. The summed E-state index contributed by atoms with van der Waals surface area (Å²) in [5.74, 6) is 0. The van der Waals surface area contributed by atoms with E-state index in [1.54, 1.807) is 12.3 Å². The number of rotatable bonds is 3. The minimum atomic E-state index is -4.17. The first kappa shape index (κ1) is 15.7. The average molecular weight is 291 g/mol. The van der Waals surface area contributed by atoms with E-state index in [1.807, 2.05) is 24.3 Å². The molecule has 2 N–H and O–H groups in total. The Kier molecular flexibility index (Phi) is 5.14. The fourth-order valence-electron chi connectivity index (χ4n) is 1.92. The number of fused-ring (bicyclic) bond motifs is 1. The molecule has 0 bridgehead atoms. The Morgan fingerprint density at radius 3 is 2.53 bits per heavy atom. The van der Waals surface area contributed by atoms with E-state index in [0.717, 1.165) is 10.9 Å². The van der Waals surface area contributed by atoms with Crippen LogP contribution in [0.2, 0.25) is 0 Å². The lowest BCUT2D eigenvalue weighted by Crippen LogP contribution is -2.16. The molecule has 1 heterocycles. The molecule has 0 fully saturated rings. The molecule has 1 aromatic carbocycles. The number of halogens is 4. The molecule has 0 spiro atoms. The molecule has 2 aromatic rings. The Bertz CT molecular complexity index is 537. The standard InChI is InChI=1S/C13H13F3N2.ClH/c14-13(15,16)7-5-11(17)9-6-8-18-12-4-2-1-3-10(9)12;/h1-4,6,8,11H,5,7,17H2;1H/t11-;/m0./s1. The van der Waals surface area contributed by atoms with Crippen LogP contribution in [-0.4, -0.2) is 11.2 Å². The van der Waals surface area contributed by atoms with Crippen LogP contribution in [0.25, 0.3) is 10.9 Å². The molecule has 2 rings (SSSR count). The number of nitrogens with two attached hydrogens (primary N) is 1. The zero-order valence-electron chi connectivity index (χ0n) is 10.0. The van der Waals surface area contributed by atoms with Gasteiger partial charge in [0.2, 0.25) is 0 Å². The highest BCUT2D eigenvalue weighted by Crippen LogP contribution is 2.29. The number of pyridine rings is 1. The van der Waals surface area contributed by atoms with Gasteiger partial charge in [0.05, 0.1) is 5.52 Å². The summed E-state index contributed by atoms with van der Waals surface area (Å²) >= 11 is 0. The van der Waals surface area contributed by atoms with Crippen molar-refractivity contribution in [3.05, 3.63) is 42.1 Å². The highest BCUT2D eigenvalue weighted by atomic mass is 35.5. The molecule has 0 unspecified atom stereocenters. The van der Waals surface area contributed by atoms with E-state index in [0.29, 0.717) is 5.56 Å². The quantitative estimate of drug-likeness (QED) is 0.928. The van der Waals surface area contributed by atoms with Crippen LogP contribution >= 0.6 is 12.4 Å². The zero-order valence-corrected chi connectivity index (χ0v) is 10.8. The zero-order chi connectivity index (χ0) is 13.2. The predicted molar refractivity (Wildman–Crippen MR) is 71.2 cm³/mol. The molecule has 19 heavy (non-hydrogen) atoms. The van der Waals surface area contributed by atoms with Crippen molar-refractivity contribution in [2.24, 2.45) is 5.73 Å². The van der Waals surface area contributed by atoms with Gasteiger partial charge >= 0.3 is 6.18 Å². The lowest BCUT2D eigenvalue weighted by atomic mass is 9.99. The highest BCUT2D eigenvalue weighted by Gasteiger charge is 2.28. The van der Waals surface area contributed by atoms with Gasteiger partial charge in [0.1, 0.15) is 0 Å². The van der Waals surface area contributed by atoms with Crippen molar-refractivity contribution < 1.29 is 13.2 Å². The molecule has 0 saturated carbocycles. The van der Waals surface area contributed by atoms with Gasteiger partial charge in [-0.15, -0.1) is 12.4 Å². The molecule has 0 aliphatic heterocycles. The third kappa shape index (κ3) is 4.08. The Morgan fingerprint density at radius 2 is 1.84 bits per heavy atom. The summed E-state index contributed by atoms with van der Waals surface area (Å²) in [5, 5.41) is 0.815. The summed E-state index contributed by atoms with van der Waals surface area (Å²) in [7, 11) is 0. The summed E-state index contributed by atoms with van der Waals surface area (Å²) in [5.41, 5.74) is 7.30. The van der Waals surface area contributed by atoms with Crippen LogP contribution in [0.1, 0.15) is 24.4 Å². The van der Waals surface area contributed by atoms with Crippen LogP contribution in [0, 0.1) is 0 Å². The van der Waals surface area contributed by atoms with Crippen molar-refractivity contribution in [3.8, 4) is 0 Å². The van der Waals surface area contributed by atoms with Crippen LogP contribution in [-0.2, 0) is 0 Å². The van der Waals surface area contributed by atoms with Gasteiger partial charge in [-0.05, 0) is 24.1 Å². The van der Waals surface area contributed by atoms with Gasteiger partial charge in [0, 0.05) is 24.0 Å². The van der Waals surface area contributed by atoms with Crippen LogP contribution < -0.4 is 5.73 Å². The van der Waals surface area contributed by atoms with Gasteiger partial charge < -0.3 is 5.73 Å². The summed E-state index contributed by atoms with van der Waals surface area (Å²) in [4.78, 5) is 4.16. The SMILES string of the molecule is Cl.N[C@@H](CCC(F)(F)F)c1ccnc2ccccc12. The molecule has 0 radical (unpaired) electrons. The highest BCUT2D eigenvalue weighted by molar-refractivity contribution is 5.85. The smallest absolute Gasteiger partial charge is 0.324 e. The number of benzene rings is 1. The predicted octanol–water partition coefficient (Wildman–Crippen LogP) is 4.00. The summed E-state index contributed by atoms with van der Waals surface area (Å²) in [6.45, 7) is 0. The molecule has 0 amide bonds. The van der Waals surface area contributed by atoms with E-state index < -0.39 is 18.6 Å². The molecule has 6 heteroatoms. The molecular weight excluding hydrogens is 277 g/mol. The fourth-order valence-corrected chi connectivity index (χ4v) is 1.92. The van der Waals surface area contributed by atoms with Crippen molar-refractivity contribution in [2.75, 3.05) is 0 Å². The largest absolute Gasteiger partial charge is 0.389 e. The maximum Gasteiger partial charge on any atom is 0.389 e. The summed E-state index contributed by atoms with van der Waals surface area (Å²) < 4.78 is 36.5. The second-order valence-electron chi connectivity index (χ2n) is 4.18. The number of hydrogen-bond donors (Lipinski definition) is 1. The van der Waals surface area contributed by atoms with Gasteiger partial charge in [0.15, 0.2) is 0 Å². The Balaban J connectivity index is 0.00000180. The Labute approximate surface area is 115 Å². The maximum absolute atomic E-state index is 12.2. The molecular formula is C13H14ClF3N2. The third-order valence-corrected chi connectivity index (χ3v) is 2.82. The van der Waals surface area contributed by atoms with E-state index in [4.69, 9.17) is 5.73 Å². The van der Waals surface area contributed by atoms with Crippen LogP contribution in [0.15, 0.2) is 36.5 Å². The van der Waals surface area contributed by atoms with Gasteiger partial charge in [-0.3, -0.25) is 4.98 Å². The number of para-hydroxylation sites is 1. The van der Waals surface area contributed by atoms with Crippen molar-refractivity contribution in [3.63, 3.8) is 0 Å².